The highest BCUT2D eigenvalue weighted by atomic mass is 35.5. The first kappa shape index (κ1) is 22.3. The third-order valence-corrected chi connectivity index (χ3v) is 6.61. The van der Waals surface area contributed by atoms with Gasteiger partial charge in [0.25, 0.3) is 5.91 Å². The second-order valence-electron chi connectivity index (χ2n) is 8.65. The topological polar surface area (TPSA) is 124 Å². The molecule has 2 fully saturated rings. The molecule has 34 heavy (non-hydrogen) atoms. The maximum atomic E-state index is 13.2. The van der Waals surface area contributed by atoms with Crippen LogP contribution in [0.2, 0.25) is 5.02 Å². The van der Waals surface area contributed by atoms with Crippen LogP contribution in [0, 0.1) is 5.92 Å². The second kappa shape index (κ2) is 9.38. The van der Waals surface area contributed by atoms with Crippen molar-refractivity contribution in [1.82, 2.24) is 24.8 Å². The van der Waals surface area contributed by atoms with E-state index in [4.69, 9.17) is 21.4 Å². The summed E-state index contributed by atoms with van der Waals surface area (Å²) in [5.41, 5.74) is 1.11. The Morgan fingerprint density at radius 1 is 1.21 bits per heavy atom. The fraction of sp³-hybridized carbons (Fsp3) is 0.391. The smallest absolute Gasteiger partial charge is 0.407 e. The van der Waals surface area contributed by atoms with Crippen molar-refractivity contribution < 1.29 is 19.4 Å². The Labute approximate surface area is 200 Å². The zero-order valence-electron chi connectivity index (χ0n) is 18.4. The molecule has 178 valence electrons. The van der Waals surface area contributed by atoms with Crippen LogP contribution in [0.25, 0.3) is 11.0 Å². The number of likely N-dealkylation sites (tertiary alicyclic amines) is 2. The van der Waals surface area contributed by atoms with Crippen molar-refractivity contribution >= 4 is 40.5 Å². The van der Waals surface area contributed by atoms with Gasteiger partial charge in [-0.25, -0.2) is 14.8 Å². The number of nitrogens with zero attached hydrogens (tertiary/aromatic N) is 4. The van der Waals surface area contributed by atoms with E-state index in [0.29, 0.717) is 71.8 Å². The summed E-state index contributed by atoms with van der Waals surface area (Å²) in [6.45, 7) is 2.68. The SMILES string of the molecule is O=C(O)N1CCC(CNc2ncnc3[nH]cc(C(=O)N4CC(Oc5cccc(Cl)c5)C4)c23)CC1. The number of carbonyl (C=O) groups excluding carboxylic acids is 1. The molecule has 0 aliphatic carbocycles. The molecule has 0 radical (unpaired) electrons. The number of benzene rings is 1. The van der Waals surface area contributed by atoms with Crippen LogP contribution in [0.4, 0.5) is 10.6 Å². The first-order valence-electron chi connectivity index (χ1n) is 11.2. The molecular weight excluding hydrogens is 460 g/mol. The van der Waals surface area contributed by atoms with Gasteiger partial charge in [0, 0.05) is 30.9 Å². The van der Waals surface area contributed by atoms with Gasteiger partial charge in [-0.05, 0) is 37.0 Å². The van der Waals surface area contributed by atoms with E-state index in [1.54, 1.807) is 23.2 Å². The summed E-state index contributed by atoms with van der Waals surface area (Å²) in [6.07, 6.45) is 3.75. The van der Waals surface area contributed by atoms with E-state index in [9.17, 15) is 9.59 Å². The Morgan fingerprint density at radius 2 is 2.00 bits per heavy atom. The van der Waals surface area contributed by atoms with Crippen LogP contribution in [-0.2, 0) is 0 Å². The van der Waals surface area contributed by atoms with Crippen LogP contribution in [0.15, 0.2) is 36.8 Å². The van der Waals surface area contributed by atoms with Crippen LogP contribution < -0.4 is 10.1 Å². The monoisotopic (exact) mass is 484 g/mol. The first-order chi connectivity index (χ1) is 16.5. The lowest BCUT2D eigenvalue weighted by atomic mass is 9.97. The highest BCUT2D eigenvalue weighted by Crippen LogP contribution is 2.28. The van der Waals surface area contributed by atoms with Crippen molar-refractivity contribution in [2.45, 2.75) is 18.9 Å². The van der Waals surface area contributed by atoms with Gasteiger partial charge in [-0.2, -0.15) is 0 Å². The minimum atomic E-state index is -0.870. The zero-order valence-corrected chi connectivity index (χ0v) is 19.2. The lowest BCUT2D eigenvalue weighted by molar-refractivity contribution is 0.0179. The molecular formula is C23H25ClN6O4. The number of hydrogen-bond acceptors (Lipinski definition) is 6. The Morgan fingerprint density at radius 3 is 2.74 bits per heavy atom. The number of amides is 2. The van der Waals surface area contributed by atoms with Crippen LogP contribution in [-0.4, -0.2) is 80.7 Å². The lowest BCUT2D eigenvalue weighted by Gasteiger charge is -2.38. The summed E-state index contributed by atoms with van der Waals surface area (Å²) < 4.78 is 5.90. The van der Waals surface area contributed by atoms with E-state index in [0.717, 1.165) is 12.8 Å². The van der Waals surface area contributed by atoms with E-state index in [1.807, 2.05) is 12.1 Å². The van der Waals surface area contributed by atoms with E-state index in [2.05, 4.69) is 20.3 Å². The van der Waals surface area contributed by atoms with Gasteiger partial charge >= 0.3 is 6.09 Å². The third-order valence-electron chi connectivity index (χ3n) is 6.38. The molecule has 0 unspecified atom stereocenters. The van der Waals surface area contributed by atoms with E-state index in [-0.39, 0.29) is 12.0 Å². The van der Waals surface area contributed by atoms with Gasteiger partial charge in [-0.3, -0.25) is 4.79 Å². The largest absolute Gasteiger partial charge is 0.487 e. The van der Waals surface area contributed by atoms with Gasteiger partial charge in [0.1, 0.15) is 29.6 Å². The van der Waals surface area contributed by atoms with E-state index < -0.39 is 6.09 Å². The Kier molecular flexibility index (Phi) is 6.14. The summed E-state index contributed by atoms with van der Waals surface area (Å²) >= 11 is 6.01. The van der Waals surface area contributed by atoms with Crippen LogP contribution in [0.5, 0.6) is 5.75 Å². The molecule has 0 saturated carbocycles. The summed E-state index contributed by atoms with van der Waals surface area (Å²) in [6, 6.07) is 7.22. The molecule has 2 aliphatic rings. The number of hydrogen-bond donors (Lipinski definition) is 3. The quantitative estimate of drug-likeness (QED) is 0.490. The molecule has 10 nitrogen and oxygen atoms in total. The predicted octanol–water partition coefficient (Wildman–Crippen LogP) is 3.32. The Hall–Kier alpha value is -3.53. The molecule has 2 amide bonds. The number of carbonyl (C=O) groups is 2. The molecule has 1 aromatic carbocycles. The Bertz CT molecular complexity index is 1200. The van der Waals surface area contributed by atoms with E-state index >= 15 is 0 Å². The number of fused-ring (bicyclic) bond motifs is 1. The number of piperidine rings is 1. The van der Waals surface area contributed by atoms with E-state index in [1.165, 1.54) is 11.2 Å². The zero-order chi connectivity index (χ0) is 23.7. The van der Waals surface area contributed by atoms with Crippen molar-refractivity contribution in [3.63, 3.8) is 0 Å². The van der Waals surface area contributed by atoms with Crippen molar-refractivity contribution in [2.24, 2.45) is 5.92 Å². The Balaban J connectivity index is 1.22. The number of ether oxygens (including phenoxy) is 1. The van der Waals surface area contributed by atoms with Crippen LogP contribution >= 0.6 is 11.6 Å². The van der Waals surface area contributed by atoms with Gasteiger partial charge in [-0.1, -0.05) is 17.7 Å². The number of aromatic amines is 1. The molecule has 0 atom stereocenters. The fourth-order valence-electron chi connectivity index (χ4n) is 4.42. The van der Waals surface area contributed by atoms with Gasteiger partial charge in [0.15, 0.2) is 0 Å². The number of H-pyrrole nitrogens is 1. The van der Waals surface area contributed by atoms with Gasteiger partial charge in [-0.15, -0.1) is 0 Å². The number of anilines is 1. The standard InChI is InChI=1S/C23H25ClN6O4/c24-15-2-1-3-16(8-15)34-17-11-30(12-17)22(31)18-10-26-21-19(18)20(27-13-28-21)25-9-14-4-6-29(7-5-14)23(32)33/h1-3,8,10,13-14,17H,4-7,9,11-12H2,(H,32,33)(H2,25,26,27,28). The average molecular weight is 485 g/mol. The predicted molar refractivity (Wildman–Crippen MR) is 126 cm³/mol. The maximum Gasteiger partial charge on any atom is 0.407 e. The molecule has 3 N–H and O–H groups in total. The van der Waals surface area contributed by atoms with Gasteiger partial charge < -0.3 is 29.9 Å². The minimum absolute atomic E-state index is 0.0851. The molecule has 2 aromatic heterocycles. The van der Waals surface area contributed by atoms with Gasteiger partial charge in [0.05, 0.1) is 24.0 Å². The summed E-state index contributed by atoms with van der Waals surface area (Å²) in [5, 5.41) is 13.8. The minimum Gasteiger partial charge on any atom is -0.487 e. The van der Waals surface area contributed by atoms with Crippen LogP contribution in [0.1, 0.15) is 23.2 Å². The van der Waals surface area contributed by atoms with Crippen molar-refractivity contribution in [2.75, 3.05) is 38.0 Å². The molecule has 2 saturated heterocycles. The highest BCUT2D eigenvalue weighted by Gasteiger charge is 2.34. The summed E-state index contributed by atoms with van der Waals surface area (Å²) in [4.78, 5) is 39.2. The maximum absolute atomic E-state index is 13.2. The highest BCUT2D eigenvalue weighted by molar-refractivity contribution is 6.30. The molecule has 2 aliphatic heterocycles. The van der Waals surface area contributed by atoms with Crippen molar-refractivity contribution in [1.29, 1.82) is 0 Å². The lowest BCUT2D eigenvalue weighted by Crippen LogP contribution is -2.56. The molecule has 0 spiro atoms. The molecule has 5 rings (SSSR count). The van der Waals surface area contributed by atoms with Crippen molar-refractivity contribution in [3.05, 3.63) is 47.4 Å². The van der Waals surface area contributed by atoms with Crippen LogP contribution in [0.3, 0.4) is 0 Å². The van der Waals surface area contributed by atoms with Crippen molar-refractivity contribution in [3.8, 4) is 5.75 Å². The molecule has 11 heteroatoms. The summed E-state index contributed by atoms with van der Waals surface area (Å²) in [5.74, 6) is 1.51. The average Bonchev–Trinajstić information content (AvgIpc) is 3.24. The molecule has 3 aromatic rings. The fourth-order valence-corrected chi connectivity index (χ4v) is 4.60. The number of halogens is 1. The molecule has 4 heterocycles. The summed E-state index contributed by atoms with van der Waals surface area (Å²) in [7, 11) is 0. The molecule has 0 bridgehead atoms. The first-order valence-corrected chi connectivity index (χ1v) is 11.6. The normalized spacial score (nSPS) is 17.0. The third kappa shape index (κ3) is 4.58. The number of aromatic nitrogens is 3. The number of nitrogens with one attached hydrogen (secondary N) is 2. The van der Waals surface area contributed by atoms with Gasteiger partial charge in [0.2, 0.25) is 0 Å². The second-order valence-corrected chi connectivity index (χ2v) is 9.09. The number of rotatable bonds is 6. The number of carboxylic acid groups (broad SMARTS) is 1.